The van der Waals surface area contributed by atoms with Crippen LogP contribution in [0.5, 0.6) is 0 Å². The van der Waals surface area contributed by atoms with Crippen LogP contribution in [0.1, 0.15) is 23.7 Å². The minimum atomic E-state index is 0.424. The van der Waals surface area contributed by atoms with E-state index < -0.39 is 0 Å². The van der Waals surface area contributed by atoms with Crippen molar-refractivity contribution in [3.8, 4) is 6.07 Å². The van der Waals surface area contributed by atoms with Crippen molar-refractivity contribution in [3.05, 3.63) is 59.4 Å². The molecule has 0 aliphatic rings. The summed E-state index contributed by atoms with van der Waals surface area (Å²) < 4.78 is 1.77. The Balaban J connectivity index is 2.06. The molecular weight excluding hydrogens is 238 g/mol. The average Bonchev–Trinajstić information content (AvgIpc) is 2.81. The standard InChI is InChI=1S/C15H15N3O/c1-12(14-8-9-18(2)15(14)10-16)17-19-11-13-6-4-3-5-7-13/h3-9H,11H2,1-2H3. The van der Waals surface area contributed by atoms with Gasteiger partial charge in [0.15, 0.2) is 0 Å². The maximum atomic E-state index is 9.07. The highest BCUT2D eigenvalue weighted by Gasteiger charge is 2.09. The van der Waals surface area contributed by atoms with Gasteiger partial charge < -0.3 is 9.40 Å². The Hall–Kier alpha value is -2.54. The maximum Gasteiger partial charge on any atom is 0.142 e. The van der Waals surface area contributed by atoms with Gasteiger partial charge in [-0.15, -0.1) is 0 Å². The number of hydrogen-bond donors (Lipinski definition) is 0. The van der Waals surface area contributed by atoms with Gasteiger partial charge in [0.05, 0.1) is 5.71 Å². The molecule has 19 heavy (non-hydrogen) atoms. The Kier molecular flexibility index (Phi) is 3.99. The van der Waals surface area contributed by atoms with Crippen molar-refractivity contribution < 1.29 is 4.84 Å². The summed E-state index contributed by atoms with van der Waals surface area (Å²) in [4.78, 5) is 5.31. The van der Waals surface area contributed by atoms with Crippen LogP contribution in [0.25, 0.3) is 0 Å². The highest BCUT2D eigenvalue weighted by atomic mass is 16.6. The van der Waals surface area contributed by atoms with Crippen LogP contribution in [0.2, 0.25) is 0 Å². The smallest absolute Gasteiger partial charge is 0.142 e. The Bertz CT molecular complexity index is 621. The van der Waals surface area contributed by atoms with Gasteiger partial charge in [0.1, 0.15) is 18.4 Å². The number of nitrogens with zero attached hydrogens (tertiary/aromatic N) is 3. The third kappa shape index (κ3) is 3.02. The van der Waals surface area contributed by atoms with Gasteiger partial charge >= 0.3 is 0 Å². The first kappa shape index (κ1) is 12.9. The lowest BCUT2D eigenvalue weighted by molar-refractivity contribution is 0.130. The SMILES string of the molecule is CC(=NOCc1ccccc1)c1ccn(C)c1C#N. The number of hydrogen-bond acceptors (Lipinski definition) is 3. The lowest BCUT2D eigenvalue weighted by atomic mass is 10.2. The first-order chi connectivity index (χ1) is 9.22. The molecule has 0 unspecified atom stereocenters. The van der Waals surface area contributed by atoms with E-state index in [-0.39, 0.29) is 0 Å². The van der Waals surface area contributed by atoms with Crippen molar-refractivity contribution in [1.29, 1.82) is 5.26 Å². The molecule has 0 spiro atoms. The zero-order chi connectivity index (χ0) is 13.7. The zero-order valence-electron chi connectivity index (χ0n) is 11.0. The van der Waals surface area contributed by atoms with Crippen LogP contribution in [0.3, 0.4) is 0 Å². The minimum Gasteiger partial charge on any atom is -0.391 e. The summed E-state index contributed by atoms with van der Waals surface area (Å²) >= 11 is 0. The fraction of sp³-hybridized carbons (Fsp3) is 0.200. The first-order valence-electron chi connectivity index (χ1n) is 5.98. The minimum absolute atomic E-state index is 0.424. The molecule has 0 aliphatic heterocycles. The van der Waals surface area contributed by atoms with Gasteiger partial charge in [-0.05, 0) is 18.6 Å². The summed E-state index contributed by atoms with van der Waals surface area (Å²) in [5, 5.41) is 13.1. The molecular formula is C15H15N3O. The third-order valence-corrected chi connectivity index (χ3v) is 2.84. The molecule has 0 amide bonds. The summed E-state index contributed by atoms with van der Waals surface area (Å²) in [6, 6.07) is 13.9. The number of benzene rings is 1. The highest BCUT2D eigenvalue weighted by molar-refractivity contribution is 6.00. The van der Waals surface area contributed by atoms with Gasteiger partial charge in [0, 0.05) is 18.8 Å². The van der Waals surface area contributed by atoms with Crippen molar-refractivity contribution in [3.63, 3.8) is 0 Å². The summed E-state index contributed by atoms with van der Waals surface area (Å²) in [5.41, 5.74) is 3.16. The van der Waals surface area contributed by atoms with Gasteiger partial charge in [-0.2, -0.15) is 5.26 Å². The van der Waals surface area contributed by atoms with Crippen LogP contribution in [0, 0.1) is 11.3 Å². The molecule has 2 rings (SSSR count). The molecule has 4 heteroatoms. The van der Waals surface area contributed by atoms with Crippen molar-refractivity contribution in [2.75, 3.05) is 0 Å². The van der Waals surface area contributed by atoms with E-state index in [9.17, 15) is 0 Å². The van der Waals surface area contributed by atoms with Crippen LogP contribution < -0.4 is 0 Å². The Morgan fingerprint density at radius 2 is 2.05 bits per heavy atom. The molecule has 1 heterocycles. The number of aromatic nitrogens is 1. The van der Waals surface area contributed by atoms with E-state index in [0.29, 0.717) is 18.0 Å². The Morgan fingerprint density at radius 1 is 1.32 bits per heavy atom. The topological polar surface area (TPSA) is 50.3 Å². The van der Waals surface area contributed by atoms with Gasteiger partial charge in [0.2, 0.25) is 0 Å². The predicted octanol–water partition coefficient (Wildman–Crippen LogP) is 2.84. The molecule has 0 saturated heterocycles. The summed E-state index contributed by atoms with van der Waals surface area (Å²) in [5.74, 6) is 0. The van der Waals surface area contributed by atoms with Crippen molar-refractivity contribution in [2.45, 2.75) is 13.5 Å². The van der Waals surface area contributed by atoms with E-state index in [2.05, 4.69) is 11.2 Å². The fourth-order valence-electron chi connectivity index (χ4n) is 1.79. The molecule has 0 bridgehead atoms. The van der Waals surface area contributed by atoms with E-state index in [4.69, 9.17) is 10.1 Å². The van der Waals surface area contributed by atoms with Crippen LogP contribution >= 0.6 is 0 Å². The molecule has 0 saturated carbocycles. The first-order valence-corrected chi connectivity index (χ1v) is 5.98. The molecule has 0 atom stereocenters. The Morgan fingerprint density at radius 3 is 2.74 bits per heavy atom. The molecule has 0 aliphatic carbocycles. The van der Waals surface area contributed by atoms with E-state index in [0.717, 1.165) is 11.1 Å². The lowest BCUT2D eigenvalue weighted by Crippen LogP contribution is -2.00. The quantitative estimate of drug-likeness (QED) is 0.621. The second-order valence-corrected chi connectivity index (χ2v) is 4.24. The van der Waals surface area contributed by atoms with Crippen LogP contribution in [-0.4, -0.2) is 10.3 Å². The molecule has 4 nitrogen and oxygen atoms in total. The summed E-state index contributed by atoms with van der Waals surface area (Å²) in [6.07, 6.45) is 1.84. The lowest BCUT2D eigenvalue weighted by Gasteiger charge is -2.02. The molecule has 0 fully saturated rings. The highest BCUT2D eigenvalue weighted by Crippen LogP contribution is 2.11. The second-order valence-electron chi connectivity index (χ2n) is 4.24. The van der Waals surface area contributed by atoms with Gasteiger partial charge in [0.25, 0.3) is 0 Å². The van der Waals surface area contributed by atoms with Crippen molar-refractivity contribution in [1.82, 2.24) is 4.57 Å². The van der Waals surface area contributed by atoms with Gasteiger partial charge in [-0.25, -0.2) is 0 Å². The largest absolute Gasteiger partial charge is 0.391 e. The Labute approximate surface area is 112 Å². The molecule has 0 radical (unpaired) electrons. The average molecular weight is 253 g/mol. The molecule has 1 aromatic heterocycles. The predicted molar refractivity (Wildman–Crippen MR) is 73.6 cm³/mol. The van der Waals surface area contributed by atoms with Crippen LogP contribution in [0.4, 0.5) is 0 Å². The van der Waals surface area contributed by atoms with Gasteiger partial charge in [-0.3, -0.25) is 0 Å². The number of rotatable bonds is 4. The van der Waals surface area contributed by atoms with Crippen molar-refractivity contribution >= 4 is 5.71 Å². The number of aryl methyl sites for hydroxylation is 1. The zero-order valence-corrected chi connectivity index (χ0v) is 11.0. The van der Waals surface area contributed by atoms with E-state index in [1.54, 1.807) is 4.57 Å². The van der Waals surface area contributed by atoms with E-state index in [1.807, 2.05) is 56.6 Å². The molecule has 1 aromatic carbocycles. The third-order valence-electron chi connectivity index (χ3n) is 2.84. The number of oxime groups is 1. The number of nitriles is 1. The second kappa shape index (κ2) is 5.87. The monoisotopic (exact) mass is 253 g/mol. The summed E-state index contributed by atoms with van der Waals surface area (Å²) in [6.45, 7) is 2.26. The molecule has 96 valence electrons. The van der Waals surface area contributed by atoms with Crippen LogP contribution in [0.15, 0.2) is 47.8 Å². The van der Waals surface area contributed by atoms with Crippen LogP contribution in [-0.2, 0) is 18.5 Å². The van der Waals surface area contributed by atoms with Gasteiger partial charge in [-0.1, -0.05) is 35.5 Å². The van der Waals surface area contributed by atoms with Crippen molar-refractivity contribution in [2.24, 2.45) is 12.2 Å². The van der Waals surface area contributed by atoms with E-state index in [1.165, 1.54) is 0 Å². The maximum absolute atomic E-state index is 9.07. The summed E-state index contributed by atoms with van der Waals surface area (Å²) in [7, 11) is 1.83. The fourth-order valence-corrected chi connectivity index (χ4v) is 1.79. The normalized spacial score (nSPS) is 11.1. The molecule has 0 N–H and O–H groups in total. The molecule has 2 aromatic rings. The van der Waals surface area contributed by atoms with E-state index >= 15 is 0 Å².